The number of para-hydroxylation sites is 1. The normalized spacial score (nSPS) is 22.9. The number of amides is 4. The number of urea groups is 1. The van der Waals surface area contributed by atoms with Gasteiger partial charge in [-0.1, -0.05) is 26.0 Å². The first-order valence-corrected chi connectivity index (χ1v) is 9.93. The summed E-state index contributed by atoms with van der Waals surface area (Å²) in [6.07, 6.45) is 2.82. The topological polar surface area (TPSA) is 87.7 Å². The number of methoxy groups -OCH3 is 1. The first-order chi connectivity index (χ1) is 13.4. The van der Waals surface area contributed by atoms with Crippen molar-refractivity contribution in [3.05, 3.63) is 29.8 Å². The molecule has 2 saturated heterocycles. The molecule has 3 rings (SSSR count). The second-order valence-electron chi connectivity index (χ2n) is 8.08. The molecular weight excluding hydrogens is 358 g/mol. The van der Waals surface area contributed by atoms with Gasteiger partial charge < -0.3 is 15.0 Å². The van der Waals surface area contributed by atoms with Crippen molar-refractivity contribution in [2.24, 2.45) is 11.8 Å². The number of ether oxygens (including phenoxy) is 1. The van der Waals surface area contributed by atoms with E-state index in [1.807, 2.05) is 12.1 Å². The summed E-state index contributed by atoms with van der Waals surface area (Å²) < 4.78 is 5.31. The van der Waals surface area contributed by atoms with Crippen LogP contribution in [-0.2, 0) is 4.79 Å². The van der Waals surface area contributed by atoms with Crippen LogP contribution in [0.2, 0.25) is 0 Å². The van der Waals surface area contributed by atoms with Crippen molar-refractivity contribution in [1.82, 2.24) is 15.5 Å². The fourth-order valence-electron chi connectivity index (χ4n) is 4.26. The highest BCUT2D eigenvalue weighted by Crippen LogP contribution is 2.36. The number of carbonyl (C=O) groups excluding carboxylic acids is 3. The van der Waals surface area contributed by atoms with Gasteiger partial charge in [0.25, 0.3) is 11.8 Å². The van der Waals surface area contributed by atoms with Gasteiger partial charge in [0.15, 0.2) is 0 Å². The van der Waals surface area contributed by atoms with Gasteiger partial charge >= 0.3 is 6.03 Å². The van der Waals surface area contributed by atoms with E-state index in [4.69, 9.17) is 4.74 Å². The van der Waals surface area contributed by atoms with Gasteiger partial charge in [0, 0.05) is 13.1 Å². The number of piperidine rings is 1. The van der Waals surface area contributed by atoms with Crippen LogP contribution in [0.25, 0.3) is 0 Å². The number of nitrogens with one attached hydrogen (secondary N) is 2. The number of imide groups is 1. The Hall–Kier alpha value is -2.57. The molecule has 152 valence electrons. The van der Waals surface area contributed by atoms with E-state index < -0.39 is 11.6 Å². The van der Waals surface area contributed by atoms with Gasteiger partial charge in [-0.05, 0) is 49.7 Å². The molecule has 2 aliphatic rings. The van der Waals surface area contributed by atoms with E-state index in [0.29, 0.717) is 49.6 Å². The van der Waals surface area contributed by atoms with E-state index in [-0.39, 0.29) is 17.7 Å². The molecular formula is C21H29N3O4. The van der Waals surface area contributed by atoms with E-state index in [2.05, 4.69) is 24.5 Å². The maximum atomic E-state index is 12.9. The number of rotatable bonds is 6. The molecule has 2 N–H and O–H groups in total. The van der Waals surface area contributed by atoms with E-state index in [1.165, 1.54) is 0 Å². The summed E-state index contributed by atoms with van der Waals surface area (Å²) in [6.45, 7) is 5.32. The molecule has 0 aliphatic carbocycles. The zero-order chi connectivity index (χ0) is 20.3. The highest BCUT2D eigenvalue weighted by atomic mass is 16.5. The van der Waals surface area contributed by atoms with Crippen LogP contribution in [0.5, 0.6) is 5.75 Å². The summed E-state index contributed by atoms with van der Waals surface area (Å²) in [5.74, 6) is 0.721. The number of carbonyl (C=O) groups is 3. The molecule has 4 amide bonds. The third-order valence-electron chi connectivity index (χ3n) is 5.90. The Balaban J connectivity index is 1.71. The first-order valence-electron chi connectivity index (χ1n) is 9.93. The molecule has 0 saturated carbocycles. The van der Waals surface area contributed by atoms with E-state index in [0.717, 1.165) is 6.42 Å². The predicted molar refractivity (Wildman–Crippen MR) is 105 cm³/mol. The Morgan fingerprint density at radius 2 is 1.93 bits per heavy atom. The average Bonchev–Trinajstić information content (AvgIpc) is 3.00. The van der Waals surface area contributed by atoms with E-state index >= 15 is 0 Å². The fourth-order valence-corrected chi connectivity index (χ4v) is 4.26. The smallest absolute Gasteiger partial charge is 0.322 e. The predicted octanol–water partition coefficient (Wildman–Crippen LogP) is 2.56. The molecule has 7 nitrogen and oxygen atoms in total. The molecule has 2 fully saturated rings. The van der Waals surface area contributed by atoms with E-state index in [9.17, 15) is 14.4 Å². The molecule has 1 unspecified atom stereocenters. The number of nitrogens with zero attached hydrogens (tertiary/aromatic N) is 1. The minimum absolute atomic E-state index is 0.0134. The third kappa shape index (κ3) is 3.84. The van der Waals surface area contributed by atoms with Crippen molar-refractivity contribution in [2.75, 3.05) is 20.2 Å². The first kappa shape index (κ1) is 20.2. The standard InChI is InChI=1S/C21H29N3O4/c1-14(2)8-11-21(19(26)22-20(27)23-21)15-9-12-24(13-10-15)18(25)16-6-4-5-7-17(16)28-3/h4-7,14-15H,8-13H2,1-3H3,(H2,22,23,26,27). The van der Waals surface area contributed by atoms with Crippen LogP contribution < -0.4 is 15.4 Å². The largest absolute Gasteiger partial charge is 0.496 e. The highest BCUT2D eigenvalue weighted by molar-refractivity contribution is 6.07. The maximum Gasteiger partial charge on any atom is 0.322 e. The summed E-state index contributed by atoms with van der Waals surface area (Å²) >= 11 is 0. The summed E-state index contributed by atoms with van der Waals surface area (Å²) in [5, 5.41) is 5.33. The van der Waals surface area contributed by atoms with Gasteiger partial charge in [-0.3, -0.25) is 14.9 Å². The minimum atomic E-state index is -0.860. The van der Waals surface area contributed by atoms with Gasteiger partial charge in [0.05, 0.1) is 12.7 Å². The minimum Gasteiger partial charge on any atom is -0.496 e. The van der Waals surface area contributed by atoms with Crippen molar-refractivity contribution < 1.29 is 19.1 Å². The third-order valence-corrected chi connectivity index (χ3v) is 5.90. The Kier molecular flexibility index (Phi) is 5.91. The number of benzene rings is 1. The van der Waals surface area contributed by atoms with Crippen LogP contribution >= 0.6 is 0 Å². The summed E-state index contributed by atoms with van der Waals surface area (Å²) in [4.78, 5) is 39.2. The van der Waals surface area contributed by atoms with Crippen molar-refractivity contribution in [3.63, 3.8) is 0 Å². The number of likely N-dealkylation sites (tertiary alicyclic amines) is 1. The molecule has 2 heterocycles. The molecule has 7 heteroatoms. The monoisotopic (exact) mass is 387 g/mol. The van der Waals surface area contributed by atoms with Crippen LogP contribution in [0.3, 0.4) is 0 Å². The Morgan fingerprint density at radius 1 is 1.25 bits per heavy atom. The second kappa shape index (κ2) is 8.20. The van der Waals surface area contributed by atoms with Gasteiger partial charge in [-0.2, -0.15) is 0 Å². The molecule has 28 heavy (non-hydrogen) atoms. The Morgan fingerprint density at radius 3 is 2.50 bits per heavy atom. The van der Waals surface area contributed by atoms with Crippen molar-refractivity contribution in [1.29, 1.82) is 0 Å². The van der Waals surface area contributed by atoms with Crippen LogP contribution in [0.4, 0.5) is 4.79 Å². The lowest BCUT2D eigenvalue weighted by molar-refractivity contribution is -0.127. The van der Waals surface area contributed by atoms with Crippen LogP contribution in [0.15, 0.2) is 24.3 Å². The van der Waals surface area contributed by atoms with Crippen LogP contribution in [-0.4, -0.2) is 48.5 Å². The highest BCUT2D eigenvalue weighted by Gasteiger charge is 2.52. The van der Waals surface area contributed by atoms with Crippen molar-refractivity contribution in [2.45, 2.75) is 45.1 Å². The Labute approximate surface area is 165 Å². The van der Waals surface area contributed by atoms with Gasteiger partial charge in [-0.15, -0.1) is 0 Å². The van der Waals surface area contributed by atoms with Gasteiger partial charge in [0.1, 0.15) is 11.3 Å². The Bertz CT molecular complexity index is 756. The molecule has 0 bridgehead atoms. The summed E-state index contributed by atoms with van der Waals surface area (Å²) in [6, 6.07) is 6.78. The van der Waals surface area contributed by atoms with Crippen LogP contribution in [0.1, 0.15) is 49.9 Å². The summed E-state index contributed by atoms with van der Waals surface area (Å²) in [7, 11) is 1.55. The maximum absolute atomic E-state index is 12.9. The summed E-state index contributed by atoms with van der Waals surface area (Å²) in [5.41, 5.74) is -0.314. The molecule has 2 aliphatic heterocycles. The quantitative estimate of drug-likeness (QED) is 0.735. The number of hydrogen-bond acceptors (Lipinski definition) is 4. The fraction of sp³-hybridized carbons (Fsp3) is 0.571. The van der Waals surface area contributed by atoms with E-state index in [1.54, 1.807) is 24.1 Å². The van der Waals surface area contributed by atoms with Gasteiger partial charge in [-0.25, -0.2) is 4.79 Å². The lowest BCUT2D eigenvalue weighted by Gasteiger charge is -2.41. The lowest BCUT2D eigenvalue weighted by atomic mass is 9.74. The molecule has 0 radical (unpaired) electrons. The molecule has 1 atom stereocenters. The van der Waals surface area contributed by atoms with Crippen molar-refractivity contribution in [3.8, 4) is 5.75 Å². The zero-order valence-corrected chi connectivity index (χ0v) is 16.8. The second-order valence-corrected chi connectivity index (χ2v) is 8.08. The van der Waals surface area contributed by atoms with Crippen LogP contribution in [0, 0.1) is 11.8 Å². The average molecular weight is 387 g/mol. The number of hydrogen-bond donors (Lipinski definition) is 2. The molecule has 1 aromatic rings. The molecule has 1 aromatic carbocycles. The molecule has 0 spiro atoms. The van der Waals surface area contributed by atoms with Gasteiger partial charge in [0.2, 0.25) is 0 Å². The molecule has 0 aromatic heterocycles. The lowest BCUT2D eigenvalue weighted by Crippen LogP contribution is -2.56. The van der Waals surface area contributed by atoms with Crippen molar-refractivity contribution >= 4 is 17.8 Å². The SMILES string of the molecule is COc1ccccc1C(=O)N1CCC(C2(CCC(C)C)NC(=O)NC2=O)CC1. The zero-order valence-electron chi connectivity index (χ0n) is 16.8.